The second-order valence-corrected chi connectivity index (χ2v) is 6.11. The summed E-state index contributed by atoms with van der Waals surface area (Å²) in [4.78, 5) is 20.6. The Kier molecular flexibility index (Phi) is 5.58. The summed E-state index contributed by atoms with van der Waals surface area (Å²) in [6, 6.07) is 10.9. The molecule has 7 heteroatoms. The first-order valence-corrected chi connectivity index (χ1v) is 8.51. The Bertz CT molecular complexity index is 836. The molecule has 0 aliphatic carbocycles. The number of carbonyl (C=O) groups excluding carboxylic acids is 1. The van der Waals surface area contributed by atoms with Gasteiger partial charge in [-0.15, -0.1) is 11.3 Å². The number of amides is 1. The number of hydrogen-bond acceptors (Lipinski definition) is 6. The molecular weight excluding hydrogens is 338 g/mol. The zero-order chi connectivity index (χ0) is 17.5. The molecule has 0 atom stereocenters. The van der Waals surface area contributed by atoms with Crippen LogP contribution in [0.25, 0.3) is 0 Å². The van der Waals surface area contributed by atoms with Gasteiger partial charge in [-0.25, -0.2) is 4.98 Å². The van der Waals surface area contributed by atoms with Crippen molar-refractivity contribution in [2.75, 3.05) is 12.4 Å². The van der Waals surface area contributed by atoms with Gasteiger partial charge in [0.1, 0.15) is 23.1 Å². The van der Waals surface area contributed by atoms with Crippen molar-refractivity contribution in [3.63, 3.8) is 0 Å². The largest absolute Gasteiger partial charge is 0.497 e. The Balaban J connectivity index is 1.52. The first-order chi connectivity index (χ1) is 12.2. The lowest BCUT2D eigenvalue weighted by Crippen LogP contribution is -2.14. The smallest absolute Gasteiger partial charge is 0.230 e. The van der Waals surface area contributed by atoms with Gasteiger partial charge in [0.05, 0.1) is 25.4 Å². The first-order valence-electron chi connectivity index (χ1n) is 7.63. The van der Waals surface area contributed by atoms with Crippen molar-refractivity contribution >= 4 is 22.9 Å². The van der Waals surface area contributed by atoms with Gasteiger partial charge in [0.2, 0.25) is 5.91 Å². The average Bonchev–Trinajstić information content (AvgIpc) is 3.08. The highest BCUT2D eigenvalue weighted by molar-refractivity contribution is 7.09. The number of nitrogens with zero attached hydrogens (tertiary/aromatic N) is 2. The molecule has 6 nitrogen and oxygen atoms in total. The van der Waals surface area contributed by atoms with Crippen molar-refractivity contribution in [2.45, 2.75) is 13.0 Å². The van der Waals surface area contributed by atoms with Crippen LogP contribution in [-0.2, 0) is 17.8 Å². The Morgan fingerprint density at radius 1 is 1.24 bits per heavy atom. The SMILES string of the molecule is COc1cccc(NC(=O)Cc2csc(COc3cccnc3)n2)c1. The van der Waals surface area contributed by atoms with Crippen molar-refractivity contribution in [1.82, 2.24) is 9.97 Å². The van der Waals surface area contributed by atoms with Crippen LogP contribution in [0.5, 0.6) is 11.5 Å². The summed E-state index contributed by atoms with van der Waals surface area (Å²) in [5, 5.41) is 5.52. The molecule has 1 amide bonds. The van der Waals surface area contributed by atoms with Crippen LogP contribution in [0, 0.1) is 0 Å². The first kappa shape index (κ1) is 16.9. The number of carbonyl (C=O) groups is 1. The molecule has 2 heterocycles. The molecule has 25 heavy (non-hydrogen) atoms. The molecular formula is C18H17N3O3S. The summed E-state index contributed by atoms with van der Waals surface area (Å²) >= 11 is 1.47. The normalized spacial score (nSPS) is 10.3. The number of aromatic nitrogens is 2. The fourth-order valence-electron chi connectivity index (χ4n) is 2.14. The molecule has 2 aromatic heterocycles. The molecule has 3 aromatic rings. The number of pyridine rings is 1. The molecule has 0 spiro atoms. The predicted octanol–water partition coefficient (Wildman–Crippen LogP) is 3.31. The Morgan fingerprint density at radius 3 is 2.92 bits per heavy atom. The van der Waals surface area contributed by atoms with E-state index in [2.05, 4.69) is 15.3 Å². The van der Waals surface area contributed by atoms with Crippen LogP contribution >= 0.6 is 11.3 Å². The van der Waals surface area contributed by atoms with Gasteiger partial charge in [-0.2, -0.15) is 0 Å². The van der Waals surface area contributed by atoms with Crippen LogP contribution in [0.4, 0.5) is 5.69 Å². The van der Waals surface area contributed by atoms with Crippen LogP contribution in [-0.4, -0.2) is 23.0 Å². The maximum atomic E-state index is 12.1. The van der Waals surface area contributed by atoms with E-state index < -0.39 is 0 Å². The topological polar surface area (TPSA) is 73.3 Å². The number of hydrogen-bond donors (Lipinski definition) is 1. The monoisotopic (exact) mass is 355 g/mol. The molecule has 1 N–H and O–H groups in total. The molecule has 0 saturated carbocycles. The van der Waals surface area contributed by atoms with Gasteiger partial charge in [0.15, 0.2) is 0 Å². The van der Waals surface area contributed by atoms with Gasteiger partial charge in [0.25, 0.3) is 0 Å². The number of ether oxygens (including phenoxy) is 2. The zero-order valence-corrected chi connectivity index (χ0v) is 14.5. The summed E-state index contributed by atoms with van der Waals surface area (Å²) in [6.07, 6.45) is 3.55. The Labute approximate surface area is 149 Å². The second-order valence-electron chi connectivity index (χ2n) is 5.17. The van der Waals surface area contributed by atoms with Gasteiger partial charge in [-0.05, 0) is 24.3 Å². The molecule has 0 fully saturated rings. The minimum absolute atomic E-state index is 0.127. The van der Waals surface area contributed by atoms with Crippen LogP contribution < -0.4 is 14.8 Å². The summed E-state index contributed by atoms with van der Waals surface area (Å²) < 4.78 is 10.7. The number of anilines is 1. The van der Waals surface area contributed by atoms with Crippen molar-refractivity contribution < 1.29 is 14.3 Å². The third-order valence-electron chi connectivity index (χ3n) is 3.29. The van der Waals surface area contributed by atoms with Gasteiger partial charge in [-0.1, -0.05) is 6.07 Å². The van der Waals surface area contributed by atoms with Crippen molar-refractivity contribution in [3.8, 4) is 11.5 Å². The predicted molar refractivity (Wildman–Crippen MR) is 96.0 cm³/mol. The summed E-state index contributed by atoms with van der Waals surface area (Å²) in [7, 11) is 1.59. The van der Waals surface area contributed by atoms with Crippen LogP contribution in [0.2, 0.25) is 0 Å². The highest BCUT2D eigenvalue weighted by atomic mass is 32.1. The minimum atomic E-state index is -0.127. The number of nitrogens with one attached hydrogen (secondary N) is 1. The standard InChI is InChI=1S/C18H17N3O3S/c1-23-15-5-2-4-13(8-15)20-17(22)9-14-12-25-18(21-14)11-24-16-6-3-7-19-10-16/h2-8,10,12H,9,11H2,1H3,(H,20,22). The fourth-order valence-corrected chi connectivity index (χ4v) is 2.85. The van der Waals surface area contributed by atoms with Crippen LogP contribution in [0.1, 0.15) is 10.7 Å². The minimum Gasteiger partial charge on any atom is -0.497 e. The van der Waals surface area contributed by atoms with E-state index in [1.54, 1.807) is 25.6 Å². The van der Waals surface area contributed by atoms with E-state index in [-0.39, 0.29) is 12.3 Å². The lowest BCUT2D eigenvalue weighted by atomic mass is 10.2. The molecule has 0 radical (unpaired) electrons. The van der Waals surface area contributed by atoms with Crippen LogP contribution in [0.3, 0.4) is 0 Å². The van der Waals surface area contributed by atoms with E-state index in [0.29, 0.717) is 23.8 Å². The fraction of sp³-hybridized carbons (Fsp3) is 0.167. The summed E-state index contributed by atoms with van der Waals surface area (Å²) in [5.41, 5.74) is 1.41. The maximum Gasteiger partial charge on any atom is 0.230 e. The second kappa shape index (κ2) is 8.25. The van der Waals surface area contributed by atoms with E-state index in [4.69, 9.17) is 9.47 Å². The average molecular weight is 355 g/mol. The van der Waals surface area contributed by atoms with Gasteiger partial charge in [-0.3, -0.25) is 9.78 Å². The van der Waals surface area contributed by atoms with Crippen molar-refractivity contribution in [2.24, 2.45) is 0 Å². The Hall–Kier alpha value is -2.93. The number of benzene rings is 1. The molecule has 0 bridgehead atoms. The lowest BCUT2D eigenvalue weighted by molar-refractivity contribution is -0.115. The number of thiazole rings is 1. The molecule has 0 aliphatic rings. The van der Waals surface area contributed by atoms with E-state index in [1.165, 1.54) is 11.3 Å². The molecule has 0 unspecified atom stereocenters. The quantitative estimate of drug-likeness (QED) is 0.704. The molecule has 0 aliphatic heterocycles. The van der Waals surface area contributed by atoms with Gasteiger partial charge >= 0.3 is 0 Å². The summed E-state index contributed by atoms with van der Waals surface area (Å²) in [5.74, 6) is 1.26. The number of rotatable bonds is 7. The van der Waals surface area contributed by atoms with Crippen molar-refractivity contribution in [3.05, 3.63) is 64.9 Å². The van der Waals surface area contributed by atoms with E-state index in [0.717, 1.165) is 10.7 Å². The molecule has 3 rings (SSSR count). The van der Waals surface area contributed by atoms with Crippen molar-refractivity contribution in [1.29, 1.82) is 0 Å². The zero-order valence-electron chi connectivity index (χ0n) is 13.6. The Morgan fingerprint density at radius 2 is 2.12 bits per heavy atom. The summed E-state index contributed by atoms with van der Waals surface area (Å²) in [6.45, 7) is 0.355. The third kappa shape index (κ3) is 5.02. The van der Waals surface area contributed by atoms with E-state index in [9.17, 15) is 4.79 Å². The third-order valence-corrected chi connectivity index (χ3v) is 4.16. The number of methoxy groups -OCH3 is 1. The maximum absolute atomic E-state index is 12.1. The highest BCUT2D eigenvalue weighted by Gasteiger charge is 2.09. The van der Waals surface area contributed by atoms with E-state index >= 15 is 0 Å². The highest BCUT2D eigenvalue weighted by Crippen LogP contribution is 2.18. The van der Waals surface area contributed by atoms with E-state index in [1.807, 2.05) is 35.7 Å². The van der Waals surface area contributed by atoms with Gasteiger partial charge < -0.3 is 14.8 Å². The molecule has 0 saturated heterocycles. The van der Waals surface area contributed by atoms with Crippen LogP contribution in [0.15, 0.2) is 54.2 Å². The lowest BCUT2D eigenvalue weighted by Gasteiger charge is -2.06. The molecule has 128 valence electrons. The molecule has 1 aromatic carbocycles. The van der Waals surface area contributed by atoms with Gasteiger partial charge in [0, 0.05) is 23.3 Å².